The number of hydrogen-bond acceptors (Lipinski definition) is 4. The monoisotopic (exact) mass is 238 g/mol. The van der Waals surface area contributed by atoms with E-state index in [1.165, 1.54) is 7.11 Å². The van der Waals surface area contributed by atoms with E-state index < -0.39 is 6.10 Å². The molecular formula is C12H18N2O3. The molecule has 0 fully saturated rings. The number of hydrogen-bond donors (Lipinski definition) is 2. The molecule has 1 aromatic rings. The average molecular weight is 238 g/mol. The molecule has 3 N–H and O–H groups in total. The molecule has 0 aliphatic heterocycles. The third-order valence-corrected chi connectivity index (χ3v) is 2.30. The van der Waals surface area contributed by atoms with E-state index in [1.54, 1.807) is 13.2 Å². The van der Waals surface area contributed by atoms with Crippen molar-refractivity contribution in [3.63, 3.8) is 0 Å². The highest BCUT2D eigenvalue weighted by molar-refractivity contribution is 5.94. The molecule has 0 aliphatic rings. The first-order chi connectivity index (χ1) is 8.21. The van der Waals surface area contributed by atoms with Crippen molar-refractivity contribution in [2.45, 2.75) is 12.7 Å². The Balaban J connectivity index is 2.67. The molecule has 0 aliphatic carbocycles. The molecule has 1 aromatic carbocycles. The molecule has 94 valence electrons. The Kier molecular flexibility index (Phi) is 5.62. The minimum Gasteiger partial charge on any atom is -0.380 e. The molecule has 0 radical (unpaired) electrons. The van der Waals surface area contributed by atoms with Gasteiger partial charge in [0.2, 0.25) is 0 Å². The number of carbonyl (C=O) groups is 1. The van der Waals surface area contributed by atoms with E-state index in [0.717, 1.165) is 5.56 Å². The summed E-state index contributed by atoms with van der Waals surface area (Å²) in [6.07, 6.45) is -0.624. The van der Waals surface area contributed by atoms with Gasteiger partial charge in [-0.2, -0.15) is 0 Å². The van der Waals surface area contributed by atoms with E-state index >= 15 is 0 Å². The fraction of sp³-hybridized carbons (Fsp3) is 0.417. The Labute approximate surface area is 101 Å². The van der Waals surface area contributed by atoms with Crippen LogP contribution in [0.3, 0.4) is 0 Å². The van der Waals surface area contributed by atoms with Crippen molar-refractivity contribution >= 4 is 11.6 Å². The van der Waals surface area contributed by atoms with E-state index in [9.17, 15) is 4.79 Å². The van der Waals surface area contributed by atoms with Gasteiger partial charge in [0.15, 0.2) is 0 Å². The Bertz CT molecular complexity index is 365. The maximum Gasteiger partial charge on any atom is 0.254 e. The molecular weight excluding hydrogens is 220 g/mol. The first-order valence-electron chi connectivity index (χ1n) is 5.33. The summed E-state index contributed by atoms with van der Waals surface area (Å²) < 4.78 is 9.97. The van der Waals surface area contributed by atoms with Crippen LogP contribution in [0.1, 0.15) is 5.56 Å². The van der Waals surface area contributed by atoms with Crippen LogP contribution in [-0.2, 0) is 20.9 Å². The number of carbonyl (C=O) groups excluding carboxylic acids is 1. The lowest BCUT2D eigenvalue weighted by Gasteiger charge is -2.13. The topological polar surface area (TPSA) is 73.6 Å². The molecule has 17 heavy (non-hydrogen) atoms. The quantitative estimate of drug-likeness (QED) is 0.766. The summed E-state index contributed by atoms with van der Waals surface area (Å²) in [6, 6.07) is 7.44. The van der Waals surface area contributed by atoms with Gasteiger partial charge < -0.3 is 20.5 Å². The van der Waals surface area contributed by atoms with Gasteiger partial charge in [-0.3, -0.25) is 4.79 Å². The van der Waals surface area contributed by atoms with Crippen LogP contribution in [0.5, 0.6) is 0 Å². The van der Waals surface area contributed by atoms with Gasteiger partial charge in [0.25, 0.3) is 5.91 Å². The summed E-state index contributed by atoms with van der Waals surface area (Å²) in [5.74, 6) is -0.246. The molecule has 1 rings (SSSR count). The van der Waals surface area contributed by atoms with Crippen LogP contribution in [0.25, 0.3) is 0 Å². The number of amides is 1. The Morgan fingerprint density at radius 2 is 2.24 bits per heavy atom. The zero-order valence-corrected chi connectivity index (χ0v) is 10.1. The van der Waals surface area contributed by atoms with Crippen molar-refractivity contribution in [2.24, 2.45) is 5.73 Å². The standard InChI is InChI=1S/C12H18N2O3/c1-16-8-9-4-3-5-10(6-9)14-12(15)11(7-13)17-2/h3-6,11H,7-8,13H2,1-2H3,(H,14,15). The van der Waals surface area contributed by atoms with Crippen molar-refractivity contribution in [1.29, 1.82) is 0 Å². The minimum absolute atomic E-state index is 0.153. The molecule has 0 bridgehead atoms. The second kappa shape index (κ2) is 7.01. The van der Waals surface area contributed by atoms with Crippen LogP contribution < -0.4 is 11.1 Å². The summed E-state index contributed by atoms with van der Waals surface area (Å²) in [4.78, 5) is 11.7. The molecule has 0 heterocycles. The van der Waals surface area contributed by atoms with Gasteiger partial charge in [-0.1, -0.05) is 12.1 Å². The van der Waals surface area contributed by atoms with E-state index in [-0.39, 0.29) is 12.5 Å². The van der Waals surface area contributed by atoms with Gasteiger partial charge in [0.05, 0.1) is 6.61 Å². The largest absolute Gasteiger partial charge is 0.380 e. The van der Waals surface area contributed by atoms with Crippen LogP contribution in [0, 0.1) is 0 Å². The van der Waals surface area contributed by atoms with E-state index in [2.05, 4.69) is 5.32 Å². The third-order valence-electron chi connectivity index (χ3n) is 2.30. The molecule has 1 atom stereocenters. The molecule has 5 heteroatoms. The smallest absolute Gasteiger partial charge is 0.254 e. The highest BCUT2D eigenvalue weighted by Gasteiger charge is 2.15. The predicted octanol–water partition coefficient (Wildman–Crippen LogP) is 0.745. The number of anilines is 1. The molecule has 5 nitrogen and oxygen atoms in total. The van der Waals surface area contributed by atoms with E-state index in [4.69, 9.17) is 15.2 Å². The van der Waals surface area contributed by atoms with E-state index in [0.29, 0.717) is 12.3 Å². The maximum absolute atomic E-state index is 11.7. The first kappa shape index (κ1) is 13.6. The minimum atomic E-state index is -0.624. The number of benzene rings is 1. The van der Waals surface area contributed by atoms with Crippen molar-refractivity contribution in [2.75, 3.05) is 26.1 Å². The van der Waals surface area contributed by atoms with Crippen molar-refractivity contribution in [3.05, 3.63) is 29.8 Å². The lowest BCUT2D eigenvalue weighted by atomic mass is 10.2. The number of methoxy groups -OCH3 is 2. The average Bonchev–Trinajstić information content (AvgIpc) is 2.31. The first-order valence-corrected chi connectivity index (χ1v) is 5.33. The second-order valence-electron chi connectivity index (χ2n) is 3.58. The summed E-state index contributed by atoms with van der Waals surface area (Å²) in [6.45, 7) is 0.661. The normalized spacial score (nSPS) is 12.2. The highest BCUT2D eigenvalue weighted by Crippen LogP contribution is 2.11. The van der Waals surface area contributed by atoms with Gasteiger partial charge in [-0.25, -0.2) is 0 Å². The molecule has 0 saturated carbocycles. The molecule has 0 spiro atoms. The maximum atomic E-state index is 11.7. The SMILES string of the molecule is COCc1cccc(NC(=O)C(CN)OC)c1. The molecule has 1 amide bonds. The summed E-state index contributed by atoms with van der Waals surface area (Å²) in [5, 5.41) is 2.74. The van der Waals surface area contributed by atoms with E-state index in [1.807, 2.05) is 18.2 Å². The Morgan fingerprint density at radius 1 is 1.47 bits per heavy atom. The van der Waals surface area contributed by atoms with Crippen molar-refractivity contribution < 1.29 is 14.3 Å². The lowest BCUT2D eigenvalue weighted by Crippen LogP contribution is -2.35. The van der Waals surface area contributed by atoms with Crippen LogP contribution in [0.4, 0.5) is 5.69 Å². The zero-order chi connectivity index (χ0) is 12.7. The van der Waals surface area contributed by atoms with Crippen molar-refractivity contribution in [1.82, 2.24) is 0 Å². The zero-order valence-electron chi connectivity index (χ0n) is 10.1. The second-order valence-corrected chi connectivity index (χ2v) is 3.58. The van der Waals surface area contributed by atoms with Crippen LogP contribution >= 0.6 is 0 Å². The Hall–Kier alpha value is -1.43. The van der Waals surface area contributed by atoms with Crippen LogP contribution in [-0.4, -0.2) is 32.8 Å². The number of nitrogens with two attached hydrogens (primary N) is 1. The molecule has 0 saturated heterocycles. The van der Waals surface area contributed by atoms with Crippen molar-refractivity contribution in [3.8, 4) is 0 Å². The van der Waals surface area contributed by atoms with Gasteiger partial charge in [0, 0.05) is 26.5 Å². The third kappa shape index (κ3) is 4.14. The fourth-order valence-electron chi connectivity index (χ4n) is 1.44. The number of rotatable bonds is 6. The fourth-order valence-corrected chi connectivity index (χ4v) is 1.44. The highest BCUT2D eigenvalue weighted by atomic mass is 16.5. The summed E-state index contributed by atoms with van der Waals surface area (Å²) in [7, 11) is 3.08. The number of nitrogens with one attached hydrogen (secondary N) is 1. The predicted molar refractivity (Wildman–Crippen MR) is 65.6 cm³/mol. The summed E-state index contributed by atoms with van der Waals surface area (Å²) >= 11 is 0. The van der Waals surface area contributed by atoms with Crippen LogP contribution in [0.2, 0.25) is 0 Å². The van der Waals surface area contributed by atoms with Gasteiger partial charge in [0.1, 0.15) is 6.10 Å². The molecule has 0 aromatic heterocycles. The Morgan fingerprint density at radius 3 is 2.82 bits per heavy atom. The van der Waals surface area contributed by atoms with Gasteiger partial charge in [-0.05, 0) is 17.7 Å². The number of ether oxygens (including phenoxy) is 2. The lowest BCUT2D eigenvalue weighted by molar-refractivity contribution is -0.125. The van der Waals surface area contributed by atoms with Crippen LogP contribution in [0.15, 0.2) is 24.3 Å². The van der Waals surface area contributed by atoms with Gasteiger partial charge >= 0.3 is 0 Å². The van der Waals surface area contributed by atoms with Gasteiger partial charge in [-0.15, -0.1) is 0 Å². The summed E-state index contributed by atoms with van der Waals surface area (Å²) in [5.41, 5.74) is 7.11. The molecule has 1 unspecified atom stereocenters.